The quantitative estimate of drug-likeness (QED) is 0.748. The van der Waals surface area contributed by atoms with E-state index < -0.39 is 29.6 Å². The van der Waals surface area contributed by atoms with Crippen LogP contribution in [0, 0.1) is 0 Å². The summed E-state index contributed by atoms with van der Waals surface area (Å²) >= 11 is 0. The fraction of sp³-hybridized carbons (Fsp3) is 0.471. The summed E-state index contributed by atoms with van der Waals surface area (Å²) in [7, 11) is 0. The van der Waals surface area contributed by atoms with Crippen molar-refractivity contribution in [2.45, 2.75) is 51.9 Å². The molecule has 0 aliphatic rings. The van der Waals surface area contributed by atoms with Gasteiger partial charge in [0, 0.05) is 13.3 Å². The SMILES string of the molecule is CC(=O)NC(Cc1ccc(C(C=O)OC(C)(C)C)cc1)C(=O)O. The zero-order valence-electron chi connectivity index (χ0n) is 13.8. The van der Waals surface area contributed by atoms with E-state index in [-0.39, 0.29) is 6.42 Å². The Morgan fingerprint density at radius 1 is 1.26 bits per heavy atom. The number of benzene rings is 1. The highest BCUT2D eigenvalue weighted by molar-refractivity contribution is 5.82. The van der Waals surface area contributed by atoms with Gasteiger partial charge in [-0.15, -0.1) is 0 Å². The monoisotopic (exact) mass is 321 g/mol. The average molecular weight is 321 g/mol. The predicted molar refractivity (Wildman–Crippen MR) is 85.0 cm³/mol. The molecular weight excluding hydrogens is 298 g/mol. The minimum absolute atomic E-state index is 0.168. The molecule has 1 aromatic carbocycles. The predicted octanol–water partition coefficient (Wildman–Crippen LogP) is 1.87. The van der Waals surface area contributed by atoms with E-state index in [1.165, 1.54) is 6.92 Å². The van der Waals surface area contributed by atoms with E-state index in [9.17, 15) is 14.4 Å². The molecular formula is C17H23NO5. The first-order valence-corrected chi connectivity index (χ1v) is 7.34. The maximum atomic E-state index is 11.2. The topological polar surface area (TPSA) is 92.7 Å². The van der Waals surface area contributed by atoms with Crippen LogP contribution >= 0.6 is 0 Å². The first kappa shape index (κ1) is 18.8. The van der Waals surface area contributed by atoms with Crippen LogP contribution in [0.15, 0.2) is 24.3 Å². The van der Waals surface area contributed by atoms with E-state index in [0.29, 0.717) is 5.56 Å². The summed E-state index contributed by atoms with van der Waals surface area (Å²) in [5, 5.41) is 11.5. The van der Waals surface area contributed by atoms with E-state index in [1.54, 1.807) is 24.3 Å². The van der Waals surface area contributed by atoms with E-state index >= 15 is 0 Å². The third-order valence-corrected chi connectivity index (χ3v) is 3.03. The lowest BCUT2D eigenvalue weighted by Gasteiger charge is -2.24. The summed E-state index contributed by atoms with van der Waals surface area (Å²) in [6, 6.07) is 5.94. The molecule has 1 aromatic rings. The van der Waals surface area contributed by atoms with Crippen LogP contribution in [0.4, 0.5) is 0 Å². The van der Waals surface area contributed by atoms with Crippen molar-refractivity contribution in [3.8, 4) is 0 Å². The van der Waals surface area contributed by atoms with Gasteiger partial charge in [-0.1, -0.05) is 24.3 Å². The van der Waals surface area contributed by atoms with Crippen LogP contribution in [0.25, 0.3) is 0 Å². The van der Waals surface area contributed by atoms with E-state index in [2.05, 4.69) is 5.32 Å². The van der Waals surface area contributed by atoms with Crippen molar-refractivity contribution in [3.05, 3.63) is 35.4 Å². The minimum atomic E-state index is -1.09. The van der Waals surface area contributed by atoms with Crippen molar-refractivity contribution in [1.29, 1.82) is 0 Å². The van der Waals surface area contributed by atoms with Crippen LogP contribution in [-0.2, 0) is 25.5 Å². The maximum Gasteiger partial charge on any atom is 0.326 e. The molecule has 0 radical (unpaired) electrons. The number of carboxylic acids is 1. The third-order valence-electron chi connectivity index (χ3n) is 3.03. The standard InChI is InChI=1S/C17H23NO5/c1-11(20)18-14(16(21)22)9-12-5-7-13(8-6-12)15(10-19)23-17(2,3)4/h5-8,10,14-15H,9H2,1-4H3,(H,18,20)(H,21,22). The zero-order valence-corrected chi connectivity index (χ0v) is 13.8. The largest absolute Gasteiger partial charge is 0.480 e. The summed E-state index contributed by atoms with van der Waals surface area (Å²) in [4.78, 5) is 33.4. The molecule has 1 amide bonds. The van der Waals surface area contributed by atoms with Crippen LogP contribution in [0.2, 0.25) is 0 Å². The van der Waals surface area contributed by atoms with Gasteiger partial charge in [0.2, 0.25) is 5.91 Å². The van der Waals surface area contributed by atoms with Crippen molar-refractivity contribution in [2.75, 3.05) is 0 Å². The highest BCUT2D eigenvalue weighted by atomic mass is 16.5. The van der Waals surface area contributed by atoms with Crippen molar-refractivity contribution in [2.24, 2.45) is 0 Å². The van der Waals surface area contributed by atoms with E-state index in [4.69, 9.17) is 9.84 Å². The number of amides is 1. The molecule has 0 heterocycles. The number of aliphatic carboxylic acids is 1. The van der Waals surface area contributed by atoms with E-state index in [0.717, 1.165) is 11.8 Å². The fourth-order valence-electron chi connectivity index (χ4n) is 2.08. The Morgan fingerprint density at radius 2 is 1.83 bits per heavy atom. The second-order valence-electron chi connectivity index (χ2n) is 6.32. The number of nitrogens with one attached hydrogen (secondary N) is 1. The van der Waals surface area contributed by atoms with Crippen LogP contribution < -0.4 is 5.32 Å². The maximum absolute atomic E-state index is 11.2. The van der Waals surface area contributed by atoms with Gasteiger partial charge in [-0.05, 0) is 31.9 Å². The molecule has 0 spiro atoms. The molecule has 126 valence electrons. The number of carbonyl (C=O) groups is 3. The van der Waals surface area contributed by atoms with Gasteiger partial charge in [0.1, 0.15) is 12.1 Å². The van der Waals surface area contributed by atoms with Gasteiger partial charge in [-0.25, -0.2) is 4.79 Å². The van der Waals surface area contributed by atoms with Gasteiger partial charge in [-0.2, -0.15) is 0 Å². The van der Waals surface area contributed by atoms with Crippen molar-refractivity contribution >= 4 is 18.2 Å². The highest BCUT2D eigenvalue weighted by Crippen LogP contribution is 2.22. The molecule has 6 heteroatoms. The Balaban J connectivity index is 2.84. The molecule has 0 saturated heterocycles. The first-order chi connectivity index (χ1) is 10.6. The molecule has 0 aliphatic heterocycles. The Bertz CT molecular complexity index is 559. The summed E-state index contributed by atoms with van der Waals surface area (Å²) in [6.45, 7) is 6.87. The number of hydrogen-bond acceptors (Lipinski definition) is 4. The summed E-state index contributed by atoms with van der Waals surface area (Å²) in [5.41, 5.74) is 0.990. The number of carboxylic acid groups (broad SMARTS) is 1. The molecule has 0 bridgehead atoms. The van der Waals surface area contributed by atoms with Gasteiger partial charge >= 0.3 is 5.97 Å². The second kappa shape index (κ2) is 7.87. The lowest BCUT2D eigenvalue weighted by atomic mass is 10.0. The summed E-state index contributed by atoms with van der Waals surface area (Å²) in [5.74, 6) is -1.49. The van der Waals surface area contributed by atoms with E-state index in [1.807, 2.05) is 20.8 Å². The number of aldehydes is 1. The number of ether oxygens (including phenoxy) is 1. The minimum Gasteiger partial charge on any atom is -0.480 e. The van der Waals surface area contributed by atoms with Gasteiger partial charge in [0.25, 0.3) is 0 Å². The molecule has 2 unspecified atom stereocenters. The fourth-order valence-corrected chi connectivity index (χ4v) is 2.08. The molecule has 0 fully saturated rings. The van der Waals surface area contributed by atoms with Crippen LogP contribution in [0.1, 0.15) is 44.9 Å². The Morgan fingerprint density at radius 3 is 2.22 bits per heavy atom. The first-order valence-electron chi connectivity index (χ1n) is 7.34. The summed E-state index contributed by atoms with van der Waals surface area (Å²) < 4.78 is 5.67. The van der Waals surface area contributed by atoms with Crippen LogP contribution in [-0.4, -0.2) is 34.9 Å². The van der Waals surface area contributed by atoms with Crippen molar-refractivity contribution < 1.29 is 24.2 Å². The van der Waals surface area contributed by atoms with Crippen LogP contribution in [0.3, 0.4) is 0 Å². The molecule has 0 aromatic heterocycles. The average Bonchev–Trinajstić information content (AvgIpc) is 2.43. The number of carbonyl (C=O) groups excluding carboxylic acids is 2. The van der Waals surface area contributed by atoms with Crippen molar-refractivity contribution in [3.63, 3.8) is 0 Å². The van der Waals surface area contributed by atoms with Gasteiger partial charge in [0.15, 0.2) is 6.29 Å². The second-order valence-corrected chi connectivity index (χ2v) is 6.32. The van der Waals surface area contributed by atoms with Gasteiger partial charge in [0.05, 0.1) is 5.60 Å². The zero-order chi connectivity index (χ0) is 17.6. The molecule has 1 rings (SSSR count). The van der Waals surface area contributed by atoms with Crippen molar-refractivity contribution in [1.82, 2.24) is 5.32 Å². The number of hydrogen-bond donors (Lipinski definition) is 2. The molecule has 6 nitrogen and oxygen atoms in total. The third kappa shape index (κ3) is 6.61. The Kier molecular flexibility index (Phi) is 6.45. The lowest BCUT2D eigenvalue weighted by Crippen LogP contribution is -2.41. The van der Waals surface area contributed by atoms with Gasteiger partial charge in [-0.3, -0.25) is 4.79 Å². The number of rotatable bonds is 7. The molecule has 2 atom stereocenters. The Hall–Kier alpha value is -2.21. The molecule has 2 N–H and O–H groups in total. The normalized spacial score (nSPS) is 13.9. The van der Waals surface area contributed by atoms with Crippen LogP contribution in [0.5, 0.6) is 0 Å². The Labute approximate surface area is 135 Å². The van der Waals surface area contributed by atoms with Gasteiger partial charge < -0.3 is 20.0 Å². The smallest absolute Gasteiger partial charge is 0.326 e. The molecule has 0 aliphatic carbocycles. The lowest BCUT2D eigenvalue weighted by molar-refractivity contribution is -0.141. The molecule has 0 saturated carbocycles. The highest BCUT2D eigenvalue weighted by Gasteiger charge is 2.21. The molecule has 23 heavy (non-hydrogen) atoms. The summed E-state index contributed by atoms with van der Waals surface area (Å²) in [6.07, 6.45) is 0.230.